The zero-order valence-corrected chi connectivity index (χ0v) is 29.6. The molecule has 0 aliphatic carbocycles. The van der Waals surface area contributed by atoms with Gasteiger partial charge >= 0.3 is 6.09 Å². The standard InChI is InChI=1S/C33H45F2N7O4Si/c1-21-30(38-39-42(21)26-13-15-40(19-24(26)35)31(43)46-32(2,3)4)22-16-28(27-12-14-37-41(27)18-22)45-29(25-11-10-23(34)17-36-25)20-44-47(8,9)33(5,6)7/h10-12,14,16-18,24,26,29H,13,15,19-20H2,1-9H3/t24-,26+,29?/m1/s1. The summed E-state index contributed by atoms with van der Waals surface area (Å²) in [6.45, 7) is 18.5. The Balaban J connectivity index is 1.42. The summed E-state index contributed by atoms with van der Waals surface area (Å²) in [5.74, 6) is 0.0560. The van der Waals surface area contributed by atoms with Gasteiger partial charge in [-0.15, -0.1) is 5.10 Å². The third kappa shape index (κ3) is 7.64. The number of alkyl halides is 1. The predicted octanol–water partition coefficient (Wildman–Crippen LogP) is 7.10. The summed E-state index contributed by atoms with van der Waals surface area (Å²) >= 11 is 0. The maximum atomic E-state index is 15.5. The number of hydrogen-bond donors (Lipinski definition) is 0. The summed E-state index contributed by atoms with van der Waals surface area (Å²) in [7, 11) is -2.16. The van der Waals surface area contributed by atoms with Gasteiger partial charge < -0.3 is 18.8 Å². The Bertz CT molecular complexity index is 1710. The van der Waals surface area contributed by atoms with Crippen LogP contribution in [0.25, 0.3) is 16.8 Å². The molecule has 1 aliphatic rings. The van der Waals surface area contributed by atoms with Gasteiger partial charge in [0, 0.05) is 18.3 Å². The number of amides is 1. The third-order valence-electron chi connectivity index (χ3n) is 8.90. The van der Waals surface area contributed by atoms with Gasteiger partial charge in [-0.25, -0.2) is 22.8 Å². The van der Waals surface area contributed by atoms with E-state index in [9.17, 15) is 9.18 Å². The summed E-state index contributed by atoms with van der Waals surface area (Å²) < 4.78 is 51.2. The van der Waals surface area contributed by atoms with Crippen molar-refractivity contribution in [3.8, 4) is 17.0 Å². The average Bonchev–Trinajstić information content (AvgIpc) is 3.61. The van der Waals surface area contributed by atoms with Crippen molar-refractivity contribution in [1.82, 2.24) is 34.5 Å². The molecule has 0 spiro atoms. The second kappa shape index (κ2) is 12.9. The molecule has 254 valence electrons. The first kappa shape index (κ1) is 34.4. The van der Waals surface area contributed by atoms with Gasteiger partial charge in [-0.2, -0.15) is 5.10 Å². The Labute approximate surface area is 275 Å². The fourth-order valence-electron chi connectivity index (χ4n) is 5.21. The van der Waals surface area contributed by atoms with Crippen LogP contribution < -0.4 is 4.74 Å². The van der Waals surface area contributed by atoms with E-state index >= 15 is 4.39 Å². The van der Waals surface area contributed by atoms with Crippen LogP contribution in [0.5, 0.6) is 5.75 Å². The molecule has 1 amide bonds. The fraction of sp³-hybridized carbons (Fsp3) is 0.545. The minimum absolute atomic E-state index is 0.0271. The molecule has 0 aromatic carbocycles. The first-order chi connectivity index (χ1) is 21.9. The predicted molar refractivity (Wildman–Crippen MR) is 176 cm³/mol. The van der Waals surface area contributed by atoms with Gasteiger partial charge in [0.2, 0.25) is 0 Å². The highest BCUT2D eigenvalue weighted by Crippen LogP contribution is 2.38. The molecule has 4 aromatic heterocycles. The van der Waals surface area contributed by atoms with Crippen molar-refractivity contribution in [3.63, 3.8) is 0 Å². The lowest BCUT2D eigenvalue weighted by Gasteiger charge is -2.37. The van der Waals surface area contributed by atoms with Crippen LogP contribution in [0.3, 0.4) is 0 Å². The second-order valence-corrected chi connectivity index (χ2v) is 19.4. The summed E-state index contributed by atoms with van der Waals surface area (Å²) in [5, 5.41) is 13.2. The van der Waals surface area contributed by atoms with Crippen molar-refractivity contribution >= 4 is 19.9 Å². The van der Waals surface area contributed by atoms with E-state index in [1.165, 1.54) is 17.2 Å². The number of piperidine rings is 1. The van der Waals surface area contributed by atoms with Crippen molar-refractivity contribution in [2.24, 2.45) is 0 Å². The van der Waals surface area contributed by atoms with Crippen LogP contribution in [-0.4, -0.2) is 80.4 Å². The van der Waals surface area contributed by atoms with Gasteiger partial charge in [0.1, 0.15) is 34.6 Å². The highest BCUT2D eigenvalue weighted by molar-refractivity contribution is 6.74. The zero-order chi connectivity index (χ0) is 34.3. The fourth-order valence-corrected chi connectivity index (χ4v) is 6.22. The number of fused-ring (bicyclic) bond motifs is 1. The number of rotatable bonds is 8. The largest absolute Gasteiger partial charge is 0.479 e. The van der Waals surface area contributed by atoms with Crippen LogP contribution in [0.4, 0.5) is 13.6 Å². The number of ether oxygens (including phenoxy) is 2. The zero-order valence-electron chi connectivity index (χ0n) is 28.6. The highest BCUT2D eigenvalue weighted by atomic mass is 28.4. The maximum Gasteiger partial charge on any atom is 0.410 e. The van der Waals surface area contributed by atoms with Crippen LogP contribution in [-0.2, 0) is 9.16 Å². The van der Waals surface area contributed by atoms with Crippen molar-refractivity contribution in [2.75, 3.05) is 19.7 Å². The number of halogens is 2. The molecule has 5 heterocycles. The van der Waals surface area contributed by atoms with Gasteiger partial charge in [-0.3, -0.25) is 4.98 Å². The normalized spacial score (nSPS) is 18.4. The van der Waals surface area contributed by atoms with Crippen LogP contribution in [0.1, 0.15) is 71.5 Å². The molecule has 1 aliphatic heterocycles. The number of nitrogens with zero attached hydrogens (tertiary/aromatic N) is 7. The molecule has 0 bridgehead atoms. The molecular formula is C33H45F2N7O4Si. The van der Waals surface area contributed by atoms with Gasteiger partial charge in [0.25, 0.3) is 0 Å². The Morgan fingerprint density at radius 1 is 1.15 bits per heavy atom. The molecule has 3 atom stereocenters. The molecule has 1 fully saturated rings. The Morgan fingerprint density at radius 3 is 2.53 bits per heavy atom. The van der Waals surface area contributed by atoms with E-state index in [2.05, 4.69) is 54.3 Å². The van der Waals surface area contributed by atoms with E-state index in [0.717, 1.165) is 0 Å². The van der Waals surface area contributed by atoms with Crippen LogP contribution in [0, 0.1) is 12.7 Å². The van der Waals surface area contributed by atoms with Crippen molar-refractivity contribution in [3.05, 3.63) is 60.1 Å². The van der Waals surface area contributed by atoms with Crippen molar-refractivity contribution in [1.29, 1.82) is 0 Å². The molecule has 0 saturated carbocycles. The van der Waals surface area contributed by atoms with E-state index in [4.69, 9.17) is 13.9 Å². The third-order valence-corrected chi connectivity index (χ3v) is 13.4. The van der Waals surface area contributed by atoms with E-state index in [0.29, 0.717) is 46.9 Å². The molecule has 0 N–H and O–H groups in total. The molecule has 1 saturated heterocycles. The van der Waals surface area contributed by atoms with Crippen LogP contribution in [0.2, 0.25) is 18.1 Å². The summed E-state index contributed by atoms with van der Waals surface area (Å²) in [5.41, 5.74) is 2.45. The number of likely N-dealkylation sites (tertiary alicyclic amines) is 1. The van der Waals surface area contributed by atoms with Gasteiger partial charge in [-0.1, -0.05) is 26.0 Å². The van der Waals surface area contributed by atoms with E-state index in [1.807, 2.05) is 25.3 Å². The monoisotopic (exact) mass is 669 g/mol. The lowest BCUT2D eigenvalue weighted by atomic mass is 10.0. The van der Waals surface area contributed by atoms with Crippen LogP contribution >= 0.6 is 0 Å². The SMILES string of the molecule is Cc1c(-c2cc(OC(CO[Si](C)(C)C(C)(C)C)c3ccc(F)cn3)c3ccnn3c2)nnn1[C@H]1CCN(C(=O)OC(C)(C)C)C[C@H]1F. The lowest BCUT2D eigenvalue weighted by molar-refractivity contribution is 0.00546. The van der Waals surface area contributed by atoms with E-state index < -0.39 is 44.1 Å². The minimum Gasteiger partial charge on any atom is -0.479 e. The Morgan fingerprint density at radius 2 is 1.89 bits per heavy atom. The maximum absolute atomic E-state index is 15.5. The molecule has 5 rings (SSSR count). The minimum atomic E-state index is -2.16. The van der Waals surface area contributed by atoms with Gasteiger partial charge in [0.05, 0.1) is 43.0 Å². The molecule has 0 radical (unpaired) electrons. The molecular weight excluding hydrogens is 624 g/mol. The topological polar surface area (TPSA) is 109 Å². The van der Waals surface area contributed by atoms with E-state index in [-0.39, 0.29) is 18.2 Å². The average molecular weight is 670 g/mol. The summed E-state index contributed by atoms with van der Waals surface area (Å²) in [6.07, 6.45) is 2.48. The first-order valence-electron chi connectivity index (χ1n) is 15.9. The van der Waals surface area contributed by atoms with Gasteiger partial charge in [-0.05, 0) is 76.5 Å². The number of hydrogen-bond acceptors (Lipinski definition) is 8. The molecule has 14 heteroatoms. The number of carbonyl (C=O) groups excluding carboxylic acids is 1. The van der Waals surface area contributed by atoms with Crippen molar-refractivity contribution in [2.45, 2.75) is 96.9 Å². The molecule has 1 unspecified atom stereocenters. The second-order valence-electron chi connectivity index (χ2n) is 14.6. The van der Waals surface area contributed by atoms with Crippen LogP contribution in [0.15, 0.2) is 42.9 Å². The molecule has 47 heavy (non-hydrogen) atoms. The molecule has 11 nitrogen and oxygen atoms in total. The Hall–Kier alpha value is -3.91. The van der Waals surface area contributed by atoms with E-state index in [1.54, 1.807) is 42.2 Å². The lowest BCUT2D eigenvalue weighted by Crippen LogP contribution is -2.47. The number of carbonyl (C=O) groups is 1. The summed E-state index contributed by atoms with van der Waals surface area (Å²) in [4.78, 5) is 18.3. The number of aromatic nitrogens is 6. The van der Waals surface area contributed by atoms with Crippen molar-refractivity contribution < 1.29 is 27.5 Å². The smallest absolute Gasteiger partial charge is 0.410 e. The summed E-state index contributed by atoms with van der Waals surface area (Å²) in [6, 6.07) is 6.04. The first-order valence-corrected chi connectivity index (χ1v) is 18.8. The number of pyridine rings is 2. The van der Waals surface area contributed by atoms with Gasteiger partial charge in [0.15, 0.2) is 14.4 Å². The highest BCUT2D eigenvalue weighted by Gasteiger charge is 2.39. The quantitative estimate of drug-likeness (QED) is 0.183. The molecule has 4 aromatic rings. The Kier molecular flexibility index (Phi) is 9.48.